The molecule has 2 fully saturated rings. The molecular formula is C34H34F2O7. The lowest BCUT2D eigenvalue weighted by Gasteiger charge is -2.21. The third kappa shape index (κ3) is 7.05. The first kappa shape index (κ1) is 29.3. The monoisotopic (exact) mass is 592 g/mol. The second-order valence-electron chi connectivity index (χ2n) is 11.3. The number of carbonyl (C=O) groups excluding carboxylic acids is 2. The largest absolute Gasteiger partial charge is 0.494 e. The summed E-state index contributed by atoms with van der Waals surface area (Å²) >= 11 is 0. The normalized spacial score (nSPS) is 19.6. The van der Waals surface area contributed by atoms with Crippen LogP contribution in [0.4, 0.5) is 8.78 Å². The molecule has 0 N–H and O–H groups in total. The summed E-state index contributed by atoms with van der Waals surface area (Å²) in [5.41, 5.74) is 2.04. The Bertz CT molecular complexity index is 1470. The summed E-state index contributed by atoms with van der Waals surface area (Å²) in [7, 11) is 0. The second-order valence-corrected chi connectivity index (χ2v) is 11.3. The Balaban J connectivity index is 1.02. The van der Waals surface area contributed by atoms with Gasteiger partial charge < -0.3 is 23.7 Å². The quantitative estimate of drug-likeness (QED) is 0.0853. The van der Waals surface area contributed by atoms with Crippen LogP contribution in [0.3, 0.4) is 0 Å². The number of rotatable bonds is 14. The number of carbonyl (C=O) groups is 2. The van der Waals surface area contributed by atoms with Crippen molar-refractivity contribution < 1.29 is 42.1 Å². The molecule has 3 aromatic carbocycles. The van der Waals surface area contributed by atoms with Crippen LogP contribution in [0.15, 0.2) is 54.6 Å². The minimum atomic E-state index is -1.12. The standard InChI is InChI=1S/C34H34F2O7/c35-27-12-9-24(18-28(27)36)34(38)43-30-14-13-29(31-22-5-6-23(17-22)32(30)31)42-33(37)21-7-10-25(11-8-21)40-16-4-2-1-3-15-39-19-26-20-41-26/h7-14,18,22-23,26H,1-6,15-17,19-20H2. The molecule has 3 unspecified atom stereocenters. The molecular weight excluding hydrogens is 558 g/mol. The van der Waals surface area contributed by atoms with Crippen molar-refractivity contribution in [1.29, 1.82) is 0 Å². The molecule has 0 radical (unpaired) electrons. The molecule has 3 atom stereocenters. The summed E-state index contributed by atoms with van der Waals surface area (Å²) in [5, 5.41) is 0. The van der Waals surface area contributed by atoms with Crippen LogP contribution in [-0.2, 0) is 9.47 Å². The van der Waals surface area contributed by atoms with Gasteiger partial charge in [0.2, 0.25) is 0 Å². The Labute approximate surface area is 249 Å². The molecule has 43 heavy (non-hydrogen) atoms. The maximum atomic E-state index is 13.7. The van der Waals surface area contributed by atoms with E-state index in [4.69, 9.17) is 23.7 Å². The van der Waals surface area contributed by atoms with Gasteiger partial charge in [-0.3, -0.25) is 0 Å². The van der Waals surface area contributed by atoms with E-state index in [-0.39, 0.29) is 17.4 Å². The van der Waals surface area contributed by atoms with E-state index in [1.165, 1.54) is 6.07 Å². The number of hydrogen-bond acceptors (Lipinski definition) is 7. The van der Waals surface area contributed by atoms with Gasteiger partial charge >= 0.3 is 11.9 Å². The van der Waals surface area contributed by atoms with Gasteiger partial charge in [0.1, 0.15) is 23.4 Å². The first-order valence-electron chi connectivity index (χ1n) is 14.9. The first-order chi connectivity index (χ1) is 21.0. The molecule has 1 saturated heterocycles. The Hall–Kier alpha value is -3.82. The van der Waals surface area contributed by atoms with E-state index in [2.05, 4.69) is 0 Å². The van der Waals surface area contributed by atoms with Crippen molar-refractivity contribution in [2.24, 2.45) is 0 Å². The molecule has 2 bridgehead atoms. The summed E-state index contributed by atoms with van der Waals surface area (Å²) in [6.45, 7) is 2.88. The molecule has 1 aliphatic heterocycles. The van der Waals surface area contributed by atoms with Crippen LogP contribution < -0.4 is 14.2 Å². The van der Waals surface area contributed by atoms with E-state index in [0.717, 1.165) is 81.4 Å². The third-order valence-electron chi connectivity index (χ3n) is 8.26. The lowest BCUT2D eigenvalue weighted by atomic mass is 9.90. The average molecular weight is 593 g/mol. The van der Waals surface area contributed by atoms with Crippen LogP contribution in [0, 0.1) is 11.6 Å². The minimum absolute atomic E-state index is 0.0838. The van der Waals surface area contributed by atoms with Crippen molar-refractivity contribution in [2.45, 2.75) is 62.9 Å². The smallest absolute Gasteiger partial charge is 0.343 e. The summed E-state index contributed by atoms with van der Waals surface area (Å²) in [4.78, 5) is 25.8. The lowest BCUT2D eigenvalue weighted by molar-refractivity contribution is 0.0716. The van der Waals surface area contributed by atoms with Crippen molar-refractivity contribution in [2.75, 3.05) is 26.4 Å². The predicted octanol–water partition coefficient (Wildman–Crippen LogP) is 7.12. The van der Waals surface area contributed by atoms with Crippen LogP contribution in [0.2, 0.25) is 0 Å². The highest BCUT2D eigenvalue weighted by molar-refractivity contribution is 5.92. The molecule has 0 spiro atoms. The first-order valence-corrected chi connectivity index (χ1v) is 14.9. The van der Waals surface area contributed by atoms with Crippen LogP contribution >= 0.6 is 0 Å². The topological polar surface area (TPSA) is 83.6 Å². The van der Waals surface area contributed by atoms with Gasteiger partial charge in [-0.25, -0.2) is 18.4 Å². The molecule has 226 valence electrons. The highest BCUT2D eigenvalue weighted by Gasteiger charge is 2.42. The van der Waals surface area contributed by atoms with Crippen molar-refractivity contribution in [1.82, 2.24) is 0 Å². The Morgan fingerprint density at radius 1 is 0.744 bits per heavy atom. The number of hydrogen-bond donors (Lipinski definition) is 0. The minimum Gasteiger partial charge on any atom is -0.494 e. The fraction of sp³-hybridized carbons (Fsp3) is 0.412. The van der Waals surface area contributed by atoms with Gasteiger partial charge in [-0.2, -0.15) is 0 Å². The van der Waals surface area contributed by atoms with E-state index in [0.29, 0.717) is 42.1 Å². The van der Waals surface area contributed by atoms with Gasteiger partial charge in [-0.05, 0) is 105 Å². The number of benzene rings is 3. The molecule has 3 aliphatic rings. The molecule has 1 saturated carbocycles. The van der Waals surface area contributed by atoms with E-state index in [1.807, 2.05) is 0 Å². The summed E-state index contributed by atoms with van der Waals surface area (Å²) in [5.74, 6) is -1.54. The maximum Gasteiger partial charge on any atom is 0.343 e. The Morgan fingerprint density at radius 2 is 1.35 bits per heavy atom. The Morgan fingerprint density at radius 3 is 1.98 bits per heavy atom. The molecule has 3 aromatic rings. The fourth-order valence-electron chi connectivity index (χ4n) is 5.98. The van der Waals surface area contributed by atoms with Crippen LogP contribution in [0.5, 0.6) is 17.2 Å². The Kier molecular flexibility index (Phi) is 9.00. The van der Waals surface area contributed by atoms with Gasteiger partial charge in [-0.15, -0.1) is 0 Å². The zero-order valence-electron chi connectivity index (χ0n) is 23.8. The molecule has 1 heterocycles. The van der Waals surface area contributed by atoms with Crippen molar-refractivity contribution in [3.05, 3.63) is 88.5 Å². The molecule has 6 rings (SSSR count). The molecule has 9 heteroatoms. The maximum absolute atomic E-state index is 13.7. The SMILES string of the molecule is O=C(Oc1ccc(OC(=O)c2ccc(F)c(F)c2)c2c1C1CCC2C1)c1ccc(OCCCCCCOCC2CO2)cc1. The summed E-state index contributed by atoms with van der Waals surface area (Å²) in [6.07, 6.45) is 7.21. The summed E-state index contributed by atoms with van der Waals surface area (Å²) < 4.78 is 54.9. The van der Waals surface area contributed by atoms with Gasteiger partial charge in [-0.1, -0.05) is 6.42 Å². The molecule has 7 nitrogen and oxygen atoms in total. The molecule has 2 aliphatic carbocycles. The van der Waals surface area contributed by atoms with Crippen molar-refractivity contribution in [3.8, 4) is 17.2 Å². The van der Waals surface area contributed by atoms with E-state index in [1.54, 1.807) is 36.4 Å². The molecule has 0 aromatic heterocycles. The number of fused-ring (bicyclic) bond motifs is 5. The second kappa shape index (κ2) is 13.2. The number of unbranched alkanes of at least 4 members (excludes halogenated alkanes) is 3. The predicted molar refractivity (Wildman–Crippen MR) is 153 cm³/mol. The fourth-order valence-corrected chi connectivity index (χ4v) is 5.98. The van der Waals surface area contributed by atoms with Gasteiger partial charge in [0.25, 0.3) is 0 Å². The van der Waals surface area contributed by atoms with Crippen LogP contribution in [0.1, 0.15) is 88.6 Å². The zero-order valence-corrected chi connectivity index (χ0v) is 23.8. The number of halogens is 2. The van der Waals surface area contributed by atoms with E-state index in [9.17, 15) is 18.4 Å². The van der Waals surface area contributed by atoms with Gasteiger partial charge in [0.15, 0.2) is 11.6 Å². The van der Waals surface area contributed by atoms with E-state index >= 15 is 0 Å². The zero-order chi connectivity index (χ0) is 29.8. The highest BCUT2D eigenvalue weighted by atomic mass is 19.2. The number of epoxide rings is 1. The van der Waals surface area contributed by atoms with Crippen LogP contribution in [-0.4, -0.2) is 44.5 Å². The highest BCUT2D eigenvalue weighted by Crippen LogP contribution is 2.58. The van der Waals surface area contributed by atoms with E-state index < -0.39 is 23.6 Å². The number of esters is 2. The van der Waals surface area contributed by atoms with Crippen molar-refractivity contribution >= 4 is 11.9 Å². The van der Waals surface area contributed by atoms with Crippen molar-refractivity contribution in [3.63, 3.8) is 0 Å². The summed E-state index contributed by atoms with van der Waals surface area (Å²) in [6, 6.07) is 13.0. The lowest BCUT2D eigenvalue weighted by Crippen LogP contribution is -2.14. The van der Waals surface area contributed by atoms with Crippen LogP contribution in [0.25, 0.3) is 0 Å². The van der Waals surface area contributed by atoms with Gasteiger partial charge in [0, 0.05) is 17.7 Å². The average Bonchev–Trinajstić information content (AvgIpc) is 3.60. The number of ether oxygens (including phenoxy) is 5. The van der Waals surface area contributed by atoms with Gasteiger partial charge in [0.05, 0.1) is 30.9 Å². The molecule has 0 amide bonds. The third-order valence-corrected chi connectivity index (χ3v) is 8.26.